The molecule has 0 aliphatic carbocycles. The number of amides is 2. The number of nitrogens with zero attached hydrogens (tertiary/aromatic N) is 4. The van der Waals surface area contributed by atoms with E-state index in [9.17, 15) is 50.6 Å². The number of carbonyl (C=O) groups excluding carboxylic acids is 3. The molecule has 0 saturated carbocycles. The standard InChI is InChI=1S/C27H30F3N3O2.C18H24F2N2O3.C8H7FN2/c1-17-4-3-5-18(2)33(17)16-27(35)32-25(14-20-7-10-22(28)24(30)13-20)26(34)11-8-19-6-9-21(15-31)23(29)12-19;1-11-4-3-5-12(2)22(11)10-17(23)21-16(18(24)25)9-13-6-7-14(19)15(20)8-13;9-8-3-6(4-10)1-2-7(8)5-11/h6-7,9-10,12-13,17-18,25H,3-5,8,11,14,16H2,1-2H3,(H,32,35);6-8,11-12,16H,3-5,9-10H2,1-2H3,(H,21,23)(H,24,25);1-3H,4,10H2/t17-,18+,25-;11-,12+,16-;/m00./s1. The first kappa shape index (κ1) is 57.0. The van der Waals surface area contributed by atoms with E-state index >= 15 is 0 Å². The van der Waals surface area contributed by atoms with Gasteiger partial charge in [-0.1, -0.05) is 37.1 Å². The van der Waals surface area contributed by atoms with Crippen LogP contribution in [-0.4, -0.2) is 87.8 Å². The van der Waals surface area contributed by atoms with Crippen molar-refractivity contribution in [2.75, 3.05) is 13.1 Å². The van der Waals surface area contributed by atoms with Crippen LogP contribution >= 0.6 is 0 Å². The van der Waals surface area contributed by atoms with Crippen molar-refractivity contribution in [3.8, 4) is 12.1 Å². The number of benzene rings is 4. The van der Waals surface area contributed by atoms with E-state index in [-0.39, 0.29) is 91.7 Å². The van der Waals surface area contributed by atoms with Crippen molar-refractivity contribution in [1.82, 2.24) is 20.4 Å². The number of nitrogens with one attached hydrogen (secondary N) is 2. The van der Waals surface area contributed by atoms with E-state index in [0.717, 1.165) is 62.8 Å². The third-order valence-corrected chi connectivity index (χ3v) is 12.8. The molecule has 380 valence electrons. The third kappa shape index (κ3) is 17.6. The number of nitriles is 2. The molecule has 0 radical (unpaired) electrons. The predicted octanol–water partition coefficient (Wildman–Crippen LogP) is 7.96. The van der Waals surface area contributed by atoms with Crippen molar-refractivity contribution in [3.05, 3.63) is 141 Å². The Morgan fingerprint density at radius 2 is 0.972 bits per heavy atom. The minimum Gasteiger partial charge on any atom is -0.480 e. The smallest absolute Gasteiger partial charge is 0.326 e. The summed E-state index contributed by atoms with van der Waals surface area (Å²) in [7, 11) is 0. The maximum atomic E-state index is 13.9. The van der Waals surface area contributed by atoms with Crippen LogP contribution < -0.4 is 16.4 Å². The summed E-state index contributed by atoms with van der Waals surface area (Å²) in [4.78, 5) is 53.9. The first-order chi connectivity index (χ1) is 33.7. The van der Waals surface area contributed by atoms with Gasteiger partial charge in [0.15, 0.2) is 29.1 Å². The van der Waals surface area contributed by atoms with Crippen molar-refractivity contribution >= 4 is 23.6 Å². The molecule has 0 spiro atoms. The van der Waals surface area contributed by atoms with E-state index in [4.69, 9.17) is 16.3 Å². The third-order valence-electron chi connectivity index (χ3n) is 12.8. The summed E-state index contributed by atoms with van der Waals surface area (Å²) in [6, 6.07) is 17.5. The van der Waals surface area contributed by atoms with Gasteiger partial charge in [-0.2, -0.15) is 10.5 Å². The molecule has 2 aliphatic rings. The predicted molar refractivity (Wildman–Crippen MR) is 254 cm³/mol. The van der Waals surface area contributed by atoms with E-state index in [1.54, 1.807) is 24.3 Å². The highest BCUT2D eigenvalue weighted by Gasteiger charge is 2.30. The molecule has 2 aliphatic heterocycles. The Balaban J connectivity index is 0.000000263. The molecule has 6 rings (SSSR count). The maximum Gasteiger partial charge on any atom is 0.326 e. The molecule has 4 aromatic rings. The van der Waals surface area contributed by atoms with Gasteiger partial charge in [0.1, 0.15) is 29.8 Å². The first-order valence-electron chi connectivity index (χ1n) is 23.5. The summed E-state index contributed by atoms with van der Waals surface area (Å²) in [5, 5.41) is 31.8. The van der Waals surface area contributed by atoms with Crippen LogP contribution in [0.4, 0.5) is 26.3 Å². The molecule has 18 heteroatoms. The molecular formula is C53H61F6N7O5. The van der Waals surface area contributed by atoms with Crippen LogP contribution in [0.25, 0.3) is 0 Å². The van der Waals surface area contributed by atoms with Crippen LogP contribution in [0.2, 0.25) is 0 Å². The number of Topliss-reactive ketones (excluding diaryl/α,β-unsaturated/α-hetero) is 1. The monoisotopic (exact) mass is 989 g/mol. The van der Waals surface area contributed by atoms with Gasteiger partial charge in [-0.15, -0.1) is 0 Å². The van der Waals surface area contributed by atoms with Gasteiger partial charge in [0.2, 0.25) is 11.8 Å². The lowest BCUT2D eigenvalue weighted by atomic mass is 9.96. The maximum absolute atomic E-state index is 13.9. The first-order valence-corrected chi connectivity index (χ1v) is 23.5. The zero-order valence-electron chi connectivity index (χ0n) is 40.3. The number of ketones is 1. The second-order valence-corrected chi connectivity index (χ2v) is 18.1. The lowest BCUT2D eigenvalue weighted by molar-refractivity contribution is -0.142. The average molecular weight is 990 g/mol. The topological polar surface area (TPSA) is 193 Å². The highest BCUT2D eigenvalue weighted by Crippen LogP contribution is 2.24. The van der Waals surface area contributed by atoms with Crippen LogP contribution in [0.5, 0.6) is 0 Å². The average Bonchev–Trinajstić information content (AvgIpc) is 3.33. The van der Waals surface area contributed by atoms with Crippen LogP contribution in [0.3, 0.4) is 0 Å². The van der Waals surface area contributed by atoms with Crippen molar-refractivity contribution < 1.29 is 50.6 Å². The van der Waals surface area contributed by atoms with E-state index in [1.807, 2.05) is 0 Å². The van der Waals surface area contributed by atoms with Crippen LogP contribution in [0.15, 0.2) is 72.8 Å². The quantitative estimate of drug-likeness (QED) is 0.0801. The van der Waals surface area contributed by atoms with Crippen molar-refractivity contribution in [1.29, 1.82) is 10.5 Å². The second-order valence-electron chi connectivity index (χ2n) is 18.1. The number of rotatable bonds is 16. The Morgan fingerprint density at radius 1 is 0.592 bits per heavy atom. The number of carbonyl (C=O) groups is 4. The number of nitrogens with two attached hydrogens (primary N) is 1. The largest absolute Gasteiger partial charge is 0.480 e. The fourth-order valence-electron chi connectivity index (χ4n) is 8.66. The molecule has 12 nitrogen and oxygen atoms in total. The highest BCUT2D eigenvalue weighted by atomic mass is 19.2. The summed E-state index contributed by atoms with van der Waals surface area (Å²) < 4.78 is 80.0. The molecule has 0 unspecified atom stereocenters. The lowest BCUT2D eigenvalue weighted by Crippen LogP contribution is -2.51. The van der Waals surface area contributed by atoms with Crippen molar-refractivity contribution in [2.45, 2.75) is 135 Å². The summed E-state index contributed by atoms with van der Waals surface area (Å²) in [6.45, 7) is 8.82. The van der Waals surface area contributed by atoms with Crippen molar-refractivity contribution in [2.24, 2.45) is 5.73 Å². The SMILES string of the molecule is C[C@@H]1CCC[C@H](C)N1CC(=O)N[C@@H](Cc1ccc(F)c(F)c1)C(=O)CCc1ccc(C#N)c(F)c1.C[C@@H]1CCC[C@H](C)N1CC(=O)N[C@@H](Cc1ccc(F)c(F)c1)C(=O)O.N#Cc1ccc(CN)cc1F. The Kier molecular flexibility index (Phi) is 22.2. The Hall–Kier alpha value is -6.60. The van der Waals surface area contributed by atoms with Crippen molar-refractivity contribution in [3.63, 3.8) is 0 Å². The lowest BCUT2D eigenvalue weighted by Gasteiger charge is -2.38. The molecule has 2 heterocycles. The van der Waals surface area contributed by atoms with Gasteiger partial charge >= 0.3 is 5.97 Å². The van der Waals surface area contributed by atoms with Gasteiger partial charge in [-0.3, -0.25) is 24.2 Å². The molecule has 71 heavy (non-hydrogen) atoms. The number of halogens is 6. The number of piperidine rings is 2. The number of hydrogen-bond acceptors (Lipinski definition) is 9. The molecule has 2 fully saturated rings. The van der Waals surface area contributed by atoms with Gasteiger partial charge in [0, 0.05) is 43.6 Å². The number of carboxylic acids is 1. The normalized spacial score (nSPS) is 18.7. The summed E-state index contributed by atoms with van der Waals surface area (Å²) in [6.07, 6.45) is 6.36. The minimum atomic E-state index is -1.21. The Morgan fingerprint density at radius 3 is 1.37 bits per heavy atom. The molecule has 2 saturated heterocycles. The number of carboxylic acid groups (broad SMARTS) is 1. The van der Waals surface area contributed by atoms with Gasteiger partial charge in [-0.05, 0) is 137 Å². The Labute approximate surface area is 410 Å². The zero-order valence-corrected chi connectivity index (χ0v) is 40.3. The number of hydrogen-bond donors (Lipinski definition) is 4. The summed E-state index contributed by atoms with van der Waals surface area (Å²) >= 11 is 0. The second kappa shape index (κ2) is 27.7. The fourth-order valence-corrected chi connectivity index (χ4v) is 8.66. The number of likely N-dealkylation sites (tertiary alicyclic amines) is 2. The van der Waals surface area contributed by atoms with Gasteiger partial charge in [0.05, 0.1) is 30.3 Å². The summed E-state index contributed by atoms with van der Waals surface area (Å²) in [5.41, 5.74) is 7.17. The van der Waals surface area contributed by atoms with Crippen LogP contribution in [0, 0.1) is 57.6 Å². The van der Waals surface area contributed by atoms with E-state index in [0.29, 0.717) is 28.8 Å². The molecule has 0 bridgehead atoms. The van der Waals surface area contributed by atoms with Gasteiger partial charge in [0.25, 0.3) is 0 Å². The van der Waals surface area contributed by atoms with E-state index in [1.165, 1.54) is 36.4 Å². The van der Waals surface area contributed by atoms with E-state index < -0.39 is 53.0 Å². The molecule has 4 aromatic carbocycles. The minimum absolute atomic E-state index is 0.00854. The molecule has 2 amide bonds. The number of aliphatic carboxylic acids is 1. The number of aryl methyl sites for hydroxylation is 1. The Bertz CT molecular complexity index is 2550. The van der Waals surface area contributed by atoms with Gasteiger partial charge in [-0.25, -0.2) is 31.1 Å². The molecule has 5 N–H and O–H groups in total. The fraction of sp³-hybridized carbons (Fsp3) is 0.434. The van der Waals surface area contributed by atoms with Gasteiger partial charge < -0.3 is 21.5 Å². The summed E-state index contributed by atoms with van der Waals surface area (Å²) in [5.74, 6) is -7.40. The molecular weight excluding hydrogens is 929 g/mol. The highest BCUT2D eigenvalue weighted by molar-refractivity contribution is 5.90. The van der Waals surface area contributed by atoms with Crippen LogP contribution in [-0.2, 0) is 45.0 Å². The molecule has 6 atom stereocenters. The van der Waals surface area contributed by atoms with Crippen LogP contribution in [0.1, 0.15) is 106 Å². The zero-order chi connectivity index (χ0) is 52.4. The molecule has 0 aromatic heterocycles. The van der Waals surface area contributed by atoms with E-state index in [2.05, 4.69) is 48.1 Å².